The molecule has 3 aromatic rings. The smallest absolute Gasteiger partial charge is 0.307 e. The molecular weight excluding hydrogens is 444 g/mol. The van der Waals surface area contributed by atoms with E-state index < -0.39 is 11.9 Å². The zero-order chi connectivity index (χ0) is 24.6. The van der Waals surface area contributed by atoms with Gasteiger partial charge in [-0.25, -0.2) is 4.98 Å². The largest absolute Gasteiger partial charge is 0.493 e. The summed E-state index contributed by atoms with van der Waals surface area (Å²) in [5.74, 6) is 1.09. The summed E-state index contributed by atoms with van der Waals surface area (Å²) in [7, 11) is 0. The van der Waals surface area contributed by atoms with Crippen LogP contribution in [0.2, 0.25) is 0 Å². The highest BCUT2D eigenvalue weighted by atomic mass is 16.6. The van der Waals surface area contributed by atoms with E-state index in [0.29, 0.717) is 37.9 Å². The quantitative estimate of drug-likeness (QED) is 0.256. The van der Waals surface area contributed by atoms with Gasteiger partial charge in [0.2, 0.25) is 5.89 Å². The summed E-state index contributed by atoms with van der Waals surface area (Å²) in [4.78, 5) is 21.7. The zero-order valence-electron chi connectivity index (χ0n) is 20.2. The van der Waals surface area contributed by atoms with E-state index >= 15 is 0 Å². The lowest BCUT2D eigenvalue weighted by Crippen LogP contribution is -2.25. The first-order valence-electron chi connectivity index (χ1n) is 12.1. The van der Waals surface area contributed by atoms with Crippen molar-refractivity contribution in [1.82, 2.24) is 4.98 Å². The lowest BCUT2D eigenvalue weighted by Gasteiger charge is -2.16. The molecule has 7 heteroatoms. The van der Waals surface area contributed by atoms with Crippen LogP contribution >= 0.6 is 0 Å². The first-order valence-corrected chi connectivity index (χ1v) is 12.1. The standard InChI is InChI=1S/C28H32N2O5/c1-19(17-29-34-18-22-8-9-22)25(28(31)32)16-21-10-12-24(13-11-21)33-15-14-26-20(2)35-27(30-26)23-6-4-3-5-7-23/h3-7,10-13,17,19,22,25H,8-9,14-16,18H2,1-2H3,(H,31,32)/b29-17+. The number of nitrogens with zero attached hydrogens (tertiary/aromatic N) is 2. The summed E-state index contributed by atoms with van der Waals surface area (Å²) < 4.78 is 11.7. The molecule has 1 N–H and O–H groups in total. The maximum absolute atomic E-state index is 11.8. The monoisotopic (exact) mass is 476 g/mol. The molecule has 0 bridgehead atoms. The summed E-state index contributed by atoms with van der Waals surface area (Å²) in [5.41, 5.74) is 2.76. The Bertz CT molecular complexity index is 1120. The van der Waals surface area contributed by atoms with Gasteiger partial charge in [0.05, 0.1) is 18.2 Å². The van der Waals surface area contributed by atoms with Crippen molar-refractivity contribution in [2.24, 2.45) is 22.9 Å². The molecule has 0 amide bonds. The molecule has 2 unspecified atom stereocenters. The van der Waals surface area contributed by atoms with Gasteiger partial charge in [-0.2, -0.15) is 0 Å². The minimum Gasteiger partial charge on any atom is -0.493 e. The first kappa shape index (κ1) is 24.5. The van der Waals surface area contributed by atoms with E-state index in [1.807, 2.05) is 68.4 Å². The van der Waals surface area contributed by atoms with Crippen molar-refractivity contribution in [2.45, 2.75) is 39.5 Å². The number of benzene rings is 2. The van der Waals surface area contributed by atoms with Gasteiger partial charge in [0.15, 0.2) is 0 Å². The van der Waals surface area contributed by atoms with Gasteiger partial charge >= 0.3 is 5.97 Å². The molecule has 2 aromatic carbocycles. The van der Waals surface area contributed by atoms with E-state index in [9.17, 15) is 9.90 Å². The predicted octanol–water partition coefficient (Wildman–Crippen LogP) is 5.56. The van der Waals surface area contributed by atoms with Gasteiger partial charge in [0.1, 0.15) is 18.1 Å². The maximum Gasteiger partial charge on any atom is 0.307 e. The molecule has 0 saturated heterocycles. The maximum atomic E-state index is 11.8. The van der Waals surface area contributed by atoms with Crippen LogP contribution in [0.3, 0.4) is 0 Å². The Morgan fingerprint density at radius 1 is 1.20 bits per heavy atom. The third kappa shape index (κ3) is 7.18. The van der Waals surface area contributed by atoms with Crippen LogP contribution in [0, 0.1) is 24.7 Å². The second kappa shape index (κ2) is 11.7. The molecule has 0 radical (unpaired) electrons. The van der Waals surface area contributed by atoms with Crippen LogP contribution in [-0.2, 0) is 22.5 Å². The molecule has 1 saturated carbocycles. The number of rotatable bonds is 13. The fourth-order valence-electron chi connectivity index (χ4n) is 3.78. The summed E-state index contributed by atoms with van der Waals surface area (Å²) in [6.07, 6.45) is 5.03. The summed E-state index contributed by atoms with van der Waals surface area (Å²) in [5, 5.41) is 13.7. The number of carboxylic acids is 1. The molecule has 1 heterocycles. The van der Waals surface area contributed by atoms with E-state index in [1.165, 1.54) is 12.8 Å². The third-order valence-electron chi connectivity index (χ3n) is 6.23. The van der Waals surface area contributed by atoms with Gasteiger partial charge < -0.3 is 19.1 Å². The van der Waals surface area contributed by atoms with Crippen LogP contribution in [0.25, 0.3) is 11.5 Å². The number of oxime groups is 1. The second-order valence-corrected chi connectivity index (χ2v) is 9.13. The minimum absolute atomic E-state index is 0.242. The fraction of sp³-hybridized carbons (Fsp3) is 0.393. The molecule has 184 valence electrons. The van der Waals surface area contributed by atoms with E-state index in [0.717, 1.165) is 28.3 Å². The van der Waals surface area contributed by atoms with Gasteiger partial charge in [-0.3, -0.25) is 4.79 Å². The van der Waals surface area contributed by atoms with Gasteiger partial charge in [-0.1, -0.05) is 42.4 Å². The van der Waals surface area contributed by atoms with Gasteiger partial charge in [-0.15, -0.1) is 0 Å². The molecule has 4 rings (SSSR count). The Morgan fingerprint density at radius 2 is 1.94 bits per heavy atom. The summed E-state index contributed by atoms with van der Waals surface area (Å²) in [6, 6.07) is 17.4. The number of carboxylic acid groups (broad SMARTS) is 1. The van der Waals surface area contributed by atoms with E-state index in [2.05, 4.69) is 10.1 Å². The van der Waals surface area contributed by atoms with Crippen LogP contribution in [-0.4, -0.2) is 35.5 Å². The molecule has 2 atom stereocenters. The van der Waals surface area contributed by atoms with Crippen molar-refractivity contribution in [1.29, 1.82) is 0 Å². The van der Waals surface area contributed by atoms with Crippen LogP contribution in [0.1, 0.15) is 36.8 Å². The molecular formula is C28H32N2O5. The molecule has 1 fully saturated rings. The van der Waals surface area contributed by atoms with Crippen LogP contribution in [0.5, 0.6) is 5.75 Å². The minimum atomic E-state index is -0.843. The number of carbonyl (C=O) groups is 1. The Hall–Kier alpha value is -3.61. The third-order valence-corrected chi connectivity index (χ3v) is 6.23. The second-order valence-electron chi connectivity index (χ2n) is 9.13. The van der Waals surface area contributed by atoms with Crippen LogP contribution in [0.4, 0.5) is 0 Å². The van der Waals surface area contributed by atoms with Crippen molar-refractivity contribution >= 4 is 12.2 Å². The molecule has 1 aliphatic rings. The topological polar surface area (TPSA) is 94.2 Å². The van der Waals surface area contributed by atoms with Crippen molar-refractivity contribution in [2.75, 3.05) is 13.2 Å². The highest BCUT2D eigenvalue weighted by molar-refractivity contribution is 5.76. The molecule has 7 nitrogen and oxygen atoms in total. The Balaban J connectivity index is 1.26. The number of ether oxygens (including phenoxy) is 1. The average molecular weight is 477 g/mol. The van der Waals surface area contributed by atoms with Crippen molar-refractivity contribution < 1.29 is 23.9 Å². The van der Waals surface area contributed by atoms with Crippen molar-refractivity contribution in [3.05, 3.63) is 71.6 Å². The average Bonchev–Trinajstić information content (AvgIpc) is 3.62. The lowest BCUT2D eigenvalue weighted by molar-refractivity contribution is -0.142. The fourth-order valence-corrected chi connectivity index (χ4v) is 3.78. The summed E-state index contributed by atoms with van der Waals surface area (Å²) >= 11 is 0. The van der Waals surface area contributed by atoms with Crippen molar-refractivity contribution in [3.63, 3.8) is 0 Å². The van der Waals surface area contributed by atoms with Crippen molar-refractivity contribution in [3.8, 4) is 17.2 Å². The molecule has 0 spiro atoms. The van der Waals surface area contributed by atoms with E-state index in [4.69, 9.17) is 14.0 Å². The van der Waals surface area contributed by atoms with Gasteiger partial charge in [0.25, 0.3) is 0 Å². The Labute approximate surface area is 205 Å². The van der Waals surface area contributed by atoms with E-state index in [1.54, 1.807) is 6.21 Å². The van der Waals surface area contributed by atoms with Crippen LogP contribution < -0.4 is 4.74 Å². The van der Waals surface area contributed by atoms with E-state index in [-0.39, 0.29) is 5.92 Å². The number of aromatic nitrogens is 1. The number of hydrogen-bond acceptors (Lipinski definition) is 6. The molecule has 0 aliphatic heterocycles. The number of aliphatic carboxylic acids is 1. The predicted molar refractivity (Wildman–Crippen MR) is 133 cm³/mol. The first-order chi connectivity index (χ1) is 17.0. The van der Waals surface area contributed by atoms with Gasteiger partial charge in [0, 0.05) is 24.1 Å². The lowest BCUT2D eigenvalue weighted by atomic mass is 9.89. The SMILES string of the molecule is Cc1oc(-c2ccccc2)nc1CCOc1ccc(CC(C(=O)O)C(C)/C=N/OCC2CC2)cc1. The number of aryl methyl sites for hydroxylation is 1. The number of oxazole rings is 1. The highest BCUT2D eigenvalue weighted by Crippen LogP contribution is 2.29. The highest BCUT2D eigenvalue weighted by Gasteiger charge is 2.25. The zero-order valence-corrected chi connectivity index (χ0v) is 20.2. The molecule has 1 aliphatic carbocycles. The van der Waals surface area contributed by atoms with Crippen LogP contribution in [0.15, 0.2) is 64.2 Å². The molecule has 1 aromatic heterocycles. The number of hydrogen-bond donors (Lipinski definition) is 1. The van der Waals surface area contributed by atoms with Gasteiger partial charge in [-0.05, 0) is 61.9 Å². The molecule has 35 heavy (non-hydrogen) atoms. The normalized spacial score (nSPS) is 15.1. The Morgan fingerprint density at radius 3 is 2.63 bits per heavy atom. The Kier molecular flexibility index (Phi) is 8.19. The summed E-state index contributed by atoms with van der Waals surface area (Å²) in [6.45, 7) is 4.85.